The molecular weight excluding hydrogens is 661 g/mol. The molecule has 0 aliphatic carbocycles. The normalized spacial score (nSPS) is 12.1. The molecule has 0 spiro atoms. The Labute approximate surface area is 328 Å². The molecule has 310 valence electrons. The zero-order valence-corrected chi connectivity index (χ0v) is 35.3. The molecular formula is C47H86O6. The fourth-order valence-corrected chi connectivity index (χ4v) is 6.44. The van der Waals surface area contributed by atoms with Gasteiger partial charge in [0.1, 0.15) is 13.2 Å². The van der Waals surface area contributed by atoms with Crippen molar-refractivity contribution >= 4 is 17.9 Å². The molecule has 0 aliphatic rings. The van der Waals surface area contributed by atoms with Crippen LogP contribution >= 0.6 is 0 Å². The average Bonchev–Trinajstić information content (AvgIpc) is 3.15. The summed E-state index contributed by atoms with van der Waals surface area (Å²) in [6, 6.07) is 0. The van der Waals surface area contributed by atoms with Gasteiger partial charge in [-0.3, -0.25) is 14.4 Å². The number of carbonyl (C=O) groups is 3. The van der Waals surface area contributed by atoms with E-state index in [0.29, 0.717) is 19.3 Å². The van der Waals surface area contributed by atoms with Crippen molar-refractivity contribution in [1.82, 2.24) is 0 Å². The summed E-state index contributed by atoms with van der Waals surface area (Å²) in [4.78, 5) is 37.6. The first-order valence-corrected chi connectivity index (χ1v) is 22.8. The molecule has 0 aliphatic heterocycles. The lowest BCUT2D eigenvalue weighted by Crippen LogP contribution is -2.30. The number of allylic oxidation sites excluding steroid dienone is 4. The van der Waals surface area contributed by atoms with Gasteiger partial charge in [-0.2, -0.15) is 0 Å². The Kier molecular flexibility index (Phi) is 40.9. The van der Waals surface area contributed by atoms with E-state index in [4.69, 9.17) is 14.2 Å². The summed E-state index contributed by atoms with van der Waals surface area (Å²) < 4.78 is 16.6. The average molecular weight is 747 g/mol. The van der Waals surface area contributed by atoms with Crippen LogP contribution in [-0.4, -0.2) is 37.2 Å². The second-order valence-electron chi connectivity index (χ2n) is 15.3. The van der Waals surface area contributed by atoms with Crippen LogP contribution in [0, 0.1) is 0 Å². The van der Waals surface area contributed by atoms with Gasteiger partial charge in [0.25, 0.3) is 0 Å². The van der Waals surface area contributed by atoms with E-state index in [1.54, 1.807) is 0 Å². The fraction of sp³-hybridized carbons (Fsp3) is 0.851. The molecule has 0 aromatic carbocycles. The topological polar surface area (TPSA) is 78.9 Å². The fourth-order valence-electron chi connectivity index (χ4n) is 6.44. The summed E-state index contributed by atoms with van der Waals surface area (Å²) in [5, 5.41) is 0. The number of esters is 3. The van der Waals surface area contributed by atoms with E-state index in [-0.39, 0.29) is 31.1 Å². The first-order valence-electron chi connectivity index (χ1n) is 22.8. The van der Waals surface area contributed by atoms with Crippen LogP contribution in [0.2, 0.25) is 0 Å². The van der Waals surface area contributed by atoms with Gasteiger partial charge in [-0.05, 0) is 64.2 Å². The molecule has 1 atom stereocenters. The molecule has 0 radical (unpaired) electrons. The van der Waals surface area contributed by atoms with Gasteiger partial charge in [0.15, 0.2) is 6.10 Å². The number of ether oxygens (including phenoxy) is 3. The summed E-state index contributed by atoms with van der Waals surface area (Å²) in [6.07, 6.45) is 46.0. The summed E-state index contributed by atoms with van der Waals surface area (Å²) in [7, 11) is 0. The van der Waals surface area contributed by atoms with Crippen molar-refractivity contribution in [2.24, 2.45) is 0 Å². The highest BCUT2D eigenvalue weighted by atomic mass is 16.6. The zero-order valence-electron chi connectivity index (χ0n) is 35.3. The number of rotatable bonds is 41. The molecule has 1 unspecified atom stereocenters. The Morgan fingerprint density at radius 2 is 0.642 bits per heavy atom. The van der Waals surface area contributed by atoms with Gasteiger partial charge in [-0.25, -0.2) is 0 Å². The molecule has 0 amide bonds. The Morgan fingerprint density at radius 3 is 1.06 bits per heavy atom. The van der Waals surface area contributed by atoms with Crippen LogP contribution in [0.3, 0.4) is 0 Å². The van der Waals surface area contributed by atoms with E-state index in [1.807, 2.05) is 0 Å². The van der Waals surface area contributed by atoms with E-state index < -0.39 is 6.10 Å². The second-order valence-corrected chi connectivity index (χ2v) is 15.3. The quantitative estimate of drug-likeness (QED) is 0.0268. The molecule has 0 N–H and O–H groups in total. The summed E-state index contributed by atoms with van der Waals surface area (Å²) in [6.45, 7) is 6.56. The number of unbranched alkanes of at least 4 members (excludes halogenated alkanes) is 26. The van der Waals surface area contributed by atoms with E-state index in [9.17, 15) is 14.4 Å². The molecule has 0 fully saturated rings. The van der Waals surface area contributed by atoms with Crippen molar-refractivity contribution in [3.63, 3.8) is 0 Å². The van der Waals surface area contributed by atoms with Crippen molar-refractivity contribution in [1.29, 1.82) is 0 Å². The smallest absolute Gasteiger partial charge is 0.306 e. The summed E-state index contributed by atoms with van der Waals surface area (Å²) in [5.41, 5.74) is 0. The lowest BCUT2D eigenvalue weighted by Gasteiger charge is -2.18. The summed E-state index contributed by atoms with van der Waals surface area (Å²) in [5.74, 6) is -0.932. The molecule has 0 saturated carbocycles. The maximum Gasteiger partial charge on any atom is 0.306 e. The van der Waals surface area contributed by atoms with Crippen molar-refractivity contribution in [2.75, 3.05) is 13.2 Å². The minimum Gasteiger partial charge on any atom is -0.462 e. The van der Waals surface area contributed by atoms with Crippen molar-refractivity contribution in [2.45, 2.75) is 245 Å². The van der Waals surface area contributed by atoms with Crippen molar-refractivity contribution < 1.29 is 28.6 Å². The van der Waals surface area contributed by atoms with Gasteiger partial charge in [0.05, 0.1) is 0 Å². The molecule has 0 bridgehead atoms. The number of carbonyl (C=O) groups excluding carboxylic acids is 3. The highest BCUT2D eigenvalue weighted by Crippen LogP contribution is 2.14. The Balaban J connectivity index is 4.37. The first kappa shape index (κ1) is 50.9. The molecule has 6 heteroatoms. The van der Waals surface area contributed by atoms with Gasteiger partial charge < -0.3 is 14.2 Å². The van der Waals surface area contributed by atoms with Crippen molar-refractivity contribution in [3.8, 4) is 0 Å². The highest BCUT2D eigenvalue weighted by molar-refractivity contribution is 5.71. The Hall–Kier alpha value is -2.11. The van der Waals surface area contributed by atoms with Crippen LogP contribution in [0.15, 0.2) is 24.3 Å². The first-order chi connectivity index (χ1) is 26.0. The maximum atomic E-state index is 12.7. The third kappa shape index (κ3) is 40.9. The predicted octanol–water partition coefficient (Wildman–Crippen LogP) is 14.4. The van der Waals surface area contributed by atoms with Gasteiger partial charge in [-0.1, -0.05) is 180 Å². The number of hydrogen-bond acceptors (Lipinski definition) is 6. The lowest BCUT2D eigenvalue weighted by molar-refractivity contribution is -0.167. The Bertz CT molecular complexity index is 865. The second kappa shape index (κ2) is 42.6. The van der Waals surface area contributed by atoms with Crippen LogP contribution in [0.1, 0.15) is 239 Å². The van der Waals surface area contributed by atoms with Gasteiger partial charge in [0, 0.05) is 19.3 Å². The van der Waals surface area contributed by atoms with E-state index in [2.05, 4.69) is 45.1 Å². The van der Waals surface area contributed by atoms with Gasteiger partial charge in [-0.15, -0.1) is 0 Å². The third-order valence-corrected chi connectivity index (χ3v) is 9.93. The van der Waals surface area contributed by atoms with Crippen molar-refractivity contribution in [3.05, 3.63) is 24.3 Å². The standard InChI is InChI=1S/C47H86O6/c1-4-7-10-13-16-19-21-23-24-26-28-31-34-37-40-46(49)52-43-44(42-51-45(48)39-36-33-30-27-18-15-12-9-6-3)53-47(50)41-38-35-32-29-25-22-20-17-14-11-8-5-2/h24,26-27,30,44H,4-23,25,28-29,31-43H2,1-3H3/b26-24-,30-27-. The van der Waals surface area contributed by atoms with Gasteiger partial charge >= 0.3 is 17.9 Å². The SMILES string of the molecule is CCCCCC/C=C\CCCC(=O)OCC(COC(=O)CCCCC/C=C\CCCCCCCCC)OC(=O)CCCCCCCCCCCCCC. The van der Waals surface area contributed by atoms with E-state index in [1.165, 1.54) is 128 Å². The summed E-state index contributed by atoms with van der Waals surface area (Å²) >= 11 is 0. The van der Waals surface area contributed by atoms with E-state index in [0.717, 1.165) is 70.6 Å². The van der Waals surface area contributed by atoms with Crippen LogP contribution in [0.5, 0.6) is 0 Å². The third-order valence-electron chi connectivity index (χ3n) is 9.93. The molecule has 6 nitrogen and oxygen atoms in total. The Morgan fingerprint density at radius 1 is 0.358 bits per heavy atom. The van der Waals surface area contributed by atoms with E-state index >= 15 is 0 Å². The number of hydrogen-bond donors (Lipinski definition) is 0. The molecule has 0 aromatic rings. The van der Waals surface area contributed by atoms with Gasteiger partial charge in [0.2, 0.25) is 0 Å². The monoisotopic (exact) mass is 747 g/mol. The molecule has 0 rings (SSSR count). The molecule has 0 saturated heterocycles. The van der Waals surface area contributed by atoms with Crippen LogP contribution in [-0.2, 0) is 28.6 Å². The predicted molar refractivity (Wildman–Crippen MR) is 224 cm³/mol. The largest absolute Gasteiger partial charge is 0.462 e. The molecule has 0 heterocycles. The minimum atomic E-state index is -0.780. The van der Waals surface area contributed by atoms with Crippen LogP contribution in [0.25, 0.3) is 0 Å². The minimum absolute atomic E-state index is 0.0849. The zero-order chi connectivity index (χ0) is 38.7. The maximum absolute atomic E-state index is 12.7. The van der Waals surface area contributed by atoms with Crippen LogP contribution in [0.4, 0.5) is 0 Å². The lowest BCUT2D eigenvalue weighted by atomic mass is 10.0. The highest BCUT2D eigenvalue weighted by Gasteiger charge is 2.19. The van der Waals surface area contributed by atoms with Crippen LogP contribution < -0.4 is 0 Å². The molecule has 53 heavy (non-hydrogen) atoms. The molecule has 0 aromatic heterocycles.